The normalized spacial score (nSPS) is 13.9. The number of rotatable bonds is 4. The quantitative estimate of drug-likeness (QED) is 0.746. The van der Waals surface area contributed by atoms with Crippen LogP contribution < -0.4 is 10.2 Å². The van der Waals surface area contributed by atoms with Gasteiger partial charge in [0.1, 0.15) is 5.01 Å². The fourth-order valence-electron chi connectivity index (χ4n) is 3.57. The fourth-order valence-corrected chi connectivity index (χ4v) is 4.55. The number of hydrogen-bond donors (Lipinski definition) is 1. The molecule has 0 unspecified atom stereocenters. The van der Waals surface area contributed by atoms with Crippen molar-refractivity contribution in [1.29, 1.82) is 0 Å². The van der Waals surface area contributed by atoms with Gasteiger partial charge in [-0.15, -0.1) is 11.3 Å². The van der Waals surface area contributed by atoms with Crippen LogP contribution in [0.4, 0.5) is 5.69 Å². The Hall–Kier alpha value is -2.40. The van der Waals surface area contributed by atoms with Gasteiger partial charge in [0.25, 0.3) is 5.91 Å². The van der Waals surface area contributed by atoms with Gasteiger partial charge in [0, 0.05) is 23.8 Å². The molecule has 134 valence electrons. The number of fused-ring (bicyclic) bond motifs is 2. The Morgan fingerprint density at radius 1 is 1.23 bits per heavy atom. The number of nitrogens with one attached hydrogen (secondary N) is 1. The van der Waals surface area contributed by atoms with E-state index in [4.69, 9.17) is 4.98 Å². The van der Waals surface area contributed by atoms with Crippen LogP contribution in [0.1, 0.15) is 41.2 Å². The molecule has 0 aliphatic carbocycles. The molecule has 4 rings (SSSR count). The summed E-state index contributed by atoms with van der Waals surface area (Å²) in [5, 5.41) is 4.15. The number of hydrogen-bond acceptors (Lipinski definition) is 4. The summed E-state index contributed by atoms with van der Waals surface area (Å²) in [6.45, 7) is 5.78. The summed E-state index contributed by atoms with van der Waals surface area (Å²) >= 11 is 1.75. The van der Waals surface area contributed by atoms with Crippen LogP contribution in [-0.4, -0.2) is 23.5 Å². The zero-order chi connectivity index (χ0) is 18.1. The third-order valence-corrected chi connectivity index (χ3v) is 5.70. The van der Waals surface area contributed by atoms with Crippen molar-refractivity contribution in [3.63, 3.8) is 0 Å². The van der Waals surface area contributed by atoms with E-state index in [1.165, 1.54) is 10.4 Å². The summed E-state index contributed by atoms with van der Waals surface area (Å²) in [5.74, 6) is 0.0266. The van der Waals surface area contributed by atoms with Crippen molar-refractivity contribution in [3.8, 4) is 0 Å². The van der Waals surface area contributed by atoms with Gasteiger partial charge in [-0.2, -0.15) is 0 Å². The van der Waals surface area contributed by atoms with Crippen LogP contribution >= 0.6 is 11.3 Å². The zero-order valence-corrected chi connectivity index (χ0v) is 16.0. The maximum Gasteiger partial charge on any atom is 0.251 e. The van der Waals surface area contributed by atoms with Gasteiger partial charge in [0.05, 0.1) is 16.8 Å². The third-order valence-electron chi connectivity index (χ3n) is 4.68. The SMILES string of the molecule is CC(C)NC(=O)c1cccc2c1CCCN2Cc1nc2ccccc2s1. The van der Waals surface area contributed by atoms with E-state index in [2.05, 4.69) is 34.5 Å². The molecule has 0 saturated heterocycles. The smallest absolute Gasteiger partial charge is 0.251 e. The minimum absolute atomic E-state index is 0.0266. The van der Waals surface area contributed by atoms with Crippen molar-refractivity contribution in [2.24, 2.45) is 0 Å². The molecule has 0 spiro atoms. The first kappa shape index (κ1) is 17.0. The van der Waals surface area contributed by atoms with E-state index in [-0.39, 0.29) is 11.9 Å². The van der Waals surface area contributed by atoms with Crippen molar-refractivity contribution >= 4 is 33.1 Å². The molecule has 1 aliphatic rings. The number of benzene rings is 2. The van der Waals surface area contributed by atoms with Gasteiger partial charge < -0.3 is 10.2 Å². The van der Waals surface area contributed by atoms with Gasteiger partial charge in [-0.05, 0) is 56.5 Å². The second-order valence-electron chi connectivity index (χ2n) is 7.03. The highest BCUT2D eigenvalue weighted by Crippen LogP contribution is 2.32. The van der Waals surface area contributed by atoms with Crippen LogP contribution in [0.5, 0.6) is 0 Å². The number of nitrogens with zero attached hydrogens (tertiary/aromatic N) is 2. The minimum Gasteiger partial charge on any atom is -0.365 e. The average Bonchev–Trinajstić information content (AvgIpc) is 3.03. The molecule has 5 heteroatoms. The second-order valence-corrected chi connectivity index (χ2v) is 8.15. The largest absolute Gasteiger partial charge is 0.365 e. The molecular weight excluding hydrogens is 342 g/mol. The fraction of sp³-hybridized carbons (Fsp3) is 0.333. The molecule has 2 aromatic carbocycles. The topological polar surface area (TPSA) is 45.2 Å². The first-order valence-corrected chi connectivity index (χ1v) is 9.95. The first-order chi connectivity index (χ1) is 12.6. The number of anilines is 1. The molecule has 0 bridgehead atoms. The van der Waals surface area contributed by atoms with Gasteiger partial charge in [0.15, 0.2) is 0 Å². The zero-order valence-electron chi connectivity index (χ0n) is 15.2. The number of para-hydroxylation sites is 1. The molecular formula is C21H23N3OS. The summed E-state index contributed by atoms with van der Waals surface area (Å²) in [6, 6.07) is 14.5. The van der Waals surface area contributed by atoms with E-state index in [1.54, 1.807) is 11.3 Å². The van der Waals surface area contributed by atoms with Crippen molar-refractivity contribution in [1.82, 2.24) is 10.3 Å². The van der Waals surface area contributed by atoms with Crippen LogP contribution in [0.25, 0.3) is 10.2 Å². The highest BCUT2D eigenvalue weighted by Gasteiger charge is 2.23. The lowest BCUT2D eigenvalue weighted by Gasteiger charge is -2.31. The summed E-state index contributed by atoms with van der Waals surface area (Å²) < 4.78 is 1.23. The van der Waals surface area contributed by atoms with Crippen LogP contribution in [0, 0.1) is 0 Å². The Bertz CT molecular complexity index is 914. The predicted molar refractivity (Wildman–Crippen MR) is 108 cm³/mol. The minimum atomic E-state index is 0.0266. The van der Waals surface area contributed by atoms with E-state index in [1.807, 2.05) is 32.0 Å². The molecule has 3 aromatic rings. The van der Waals surface area contributed by atoms with Crippen molar-refractivity contribution in [2.45, 2.75) is 39.3 Å². The van der Waals surface area contributed by atoms with Crippen molar-refractivity contribution in [2.75, 3.05) is 11.4 Å². The van der Waals surface area contributed by atoms with Gasteiger partial charge in [-0.3, -0.25) is 4.79 Å². The highest BCUT2D eigenvalue weighted by molar-refractivity contribution is 7.18. The van der Waals surface area contributed by atoms with Crippen LogP contribution in [-0.2, 0) is 13.0 Å². The number of thiazole rings is 1. The van der Waals surface area contributed by atoms with Gasteiger partial charge >= 0.3 is 0 Å². The summed E-state index contributed by atoms with van der Waals surface area (Å²) in [4.78, 5) is 19.7. The molecule has 1 N–H and O–H groups in total. The van der Waals surface area contributed by atoms with Crippen LogP contribution in [0.2, 0.25) is 0 Å². The van der Waals surface area contributed by atoms with Gasteiger partial charge in [-0.1, -0.05) is 18.2 Å². The van der Waals surface area contributed by atoms with Gasteiger partial charge in [-0.25, -0.2) is 4.98 Å². The van der Waals surface area contributed by atoms with E-state index in [0.29, 0.717) is 0 Å². The monoisotopic (exact) mass is 365 g/mol. The summed E-state index contributed by atoms with van der Waals surface area (Å²) in [5.41, 5.74) is 4.21. The van der Waals surface area contributed by atoms with Crippen molar-refractivity contribution in [3.05, 3.63) is 58.6 Å². The Morgan fingerprint density at radius 2 is 2.08 bits per heavy atom. The Balaban J connectivity index is 1.63. The summed E-state index contributed by atoms with van der Waals surface area (Å²) in [6.07, 6.45) is 2.01. The molecule has 0 saturated carbocycles. The maximum absolute atomic E-state index is 12.6. The van der Waals surface area contributed by atoms with E-state index in [9.17, 15) is 4.79 Å². The summed E-state index contributed by atoms with van der Waals surface area (Å²) in [7, 11) is 0. The van der Waals surface area contributed by atoms with E-state index in [0.717, 1.165) is 47.6 Å². The molecule has 0 radical (unpaired) electrons. The molecule has 2 heterocycles. The Morgan fingerprint density at radius 3 is 2.88 bits per heavy atom. The number of aromatic nitrogens is 1. The van der Waals surface area contributed by atoms with Crippen LogP contribution in [0.15, 0.2) is 42.5 Å². The Kier molecular flexibility index (Phi) is 4.64. The molecule has 1 aliphatic heterocycles. The molecule has 1 aromatic heterocycles. The molecule has 4 nitrogen and oxygen atoms in total. The lowest BCUT2D eigenvalue weighted by Crippen LogP contribution is -2.33. The number of carbonyl (C=O) groups is 1. The lowest BCUT2D eigenvalue weighted by molar-refractivity contribution is 0.0942. The average molecular weight is 366 g/mol. The number of amides is 1. The van der Waals surface area contributed by atoms with Crippen LogP contribution in [0.3, 0.4) is 0 Å². The third kappa shape index (κ3) is 3.31. The highest BCUT2D eigenvalue weighted by atomic mass is 32.1. The maximum atomic E-state index is 12.6. The van der Waals surface area contributed by atoms with Gasteiger partial charge in [0.2, 0.25) is 0 Å². The van der Waals surface area contributed by atoms with E-state index < -0.39 is 0 Å². The molecule has 1 amide bonds. The molecule has 0 fully saturated rings. The molecule has 26 heavy (non-hydrogen) atoms. The first-order valence-electron chi connectivity index (χ1n) is 9.14. The Labute approximate surface area is 157 Å². The lowest BCUT2D eigenvalue weighted by atomic mass is 9.95. The molecule has 0 atom stereocenters. The second kappa shape index (κ2) is 7.08. The predicted octanol–water partition coefficient (Wildman–Crippen LogP) is 4.39. The van der Waals surface area contributed by atoms with Crippen molar-refractivity contribution < 1.29 is 4.79 Å². The number of carbonyl (C=O) groups excluding carboxylic acids is 1. The standard InChI is InChI=1S/C21H23N3OS/c1-14(2)22-21(25)16-7-5-10-18-15(16)8-6-12-24(18)13-20-23-17-9-3-4-11-19(17)26-20/h3-5,7,9-11,14H,6,8,12-13H2,1-2H3,(H,22,25). The van der Waals surface area contributed by atoms with E-state index >= 15 is 0 Å².